The van der Waals surface area contributed by atoms with Crippen molar-refractivity contribution < 1.29 is 32.9 Å². The minimum absolute atomic E-state index is 0.0892. The molecule has 0 radical (unpaired) electrons. The molecule has 3 rings (SSSR count). The molecule has 0 aromatic heterocycles. The first-order chi connectivity index (χ1) is 15.6. The van der Waals surface area contributed by atoms with Crippen molar-refractivity contribution in [2.24, 2.45) is 0 Å². The molecular weight excluding hydrogens is 431 g/mol. The van der Waals surface area contributed by atoms with Crippen molar-refractivity contribution in [1.29, 1.82) is 0 Å². The lowest BCUT2D eigenvalue weighted by Gasteiger charge is -2.42. The summed E-state index contributed by atoms with van der Waals surface area (Å²) in [6.45, 7) is 4.84. The van der Waals surface area contributed by atoms with Crippen LogP contribution in [0, 0.1) is 0 Å². The van der Waals surface area contributed by atoms with Crippen LogP contribution in [-0.4, -0.2) is 49.1 Å². The number of aliphatic hydroxyl groups is 1. The Labute approximate surface area is 190 Å². The van der Waals surface area contributed by atoms with Crippen LogP contribution < -0.4 is 0 Å². The maximum Gasteiger partial charge on any atom is 0.336 e. The summed E-state index contributed by atoms with van der Waals surface area (Å²) < 4.78 is 42.8. The number of aliphatic hydroxyl groups excluding tert-OH is 1. The van der Waals surface area contributed by atoms with Gasteiger partial charge in [0.05, 0.1) is 38.7 Å². The fraction of sp³-hybridized carbons (Fsp3) is 0.500. The average molecular weight is 464 g/mol. The number of rotatable bonds is 12. The molecule has 2 aromatic carbocycles. The van der Waals surface area contributed by atoms with Crippen LogP contribution in [0.15, 0.2) is 60.7 Å². The maximum absolute atomic E-state index is 13.6. The van der Waals surface area contributed by atoms with Gasteiger partial charge in [-0.15, -0.1) is 0 Å². The van der Waals surface area contributed by atoms with Gasteiger partial charge in [0, 0.05) is 6.42 Å². The van der Waals surface area contributed by atoms with Crippen LogP contribution in [0.2, 0.25) is 0 Å². The molecular formula is C24H33O7P. The third kappa shape index (κ3) is 6.96. The van der Waals surface area contributed by atoms with Crippen molar-refractivity contribution >= 4 is 7.60 Å². The zero-order valence-corrected chi connectivity index (χ0v) is 19.6. The Morgan fingerprint density at radius 3 is 2.06 bits per heavy atom. The molecule has 176 valence electrons. The summed E-state index contributed by atoms with van der Waals surface area (Å²) in [6, 6.07) is 19.5. The van der Waals surface area contributed by atoms with E-state index < -0.39 is 31.8 Å². The van der Waals surface area contributed by atoms with E-state index in [1.165, 1.54) is 0 Å². The Bertz CT molecular complexity index is 823. The highest BCUT2D eigenvalue weighted by atomic mass is 31.2. The van der Waals surface area contributed by atoms with Crippen molar-refractivity contribution in [2.45, 2.75) is 57.6 Å². The molecule has 0 saturated carbocycles. The van der Waals surface area contributed by atoms with Crippen LogP contribution >= 0.6 is 7.60 Å². The van der Waals surface area contributed by atoms with Gasteiger partial charge < -0.3 is 28.4 Å². The minimum Gasteiger partial charge on any atom is -0.374 e. The Morgan fingerprint density at radius 1 is 0.938 bits per heavy atom. The standard InChI is InChI=1S/C24H33O7P/c1-3-29-32(26,30-4-2)22-15-23(25)31-21(18-27-16-19-11-7-5-8-12-19)24(22)28-17-20-13-9-6-10-14-20/h5-14,21-25H,3-4,15-18H2,1-2H3/t21-,22-,23?,24-/m1/s1. The normalized spacial score (nSPS) is 23.8. The molecule has 1 aliphatic heterocycles. The summed E-state index contributed by atoms with van der Waals surface area (Å²) >= 11 is 0. The largest absolute Gasteiger partial charge is 0.374 e. The van der Waals surface area contributed by atoms with Gasteiger partial charge in [0.2, 0.25) is 0 Å². The Kier molecular flexibility index (Phi) is 9.88. The first-order valence-corrected chi connectivity index (χ1v) is 12.7. The fourth-order valence-electron chi connectivity index (χ4n) is 3.81. The predicted octanol–water partition coefficient (Wildman–Crippen LogP) is 4.53. The Balaban J connectivity index is 1.78. The molecule has 2 aromatic rings. The van der Waals surface area contributed by atoms with Crippen LogP contribution in [0.4, 0.5) is 0 Å². The van der Waals surface area contributed by atoms with Gasteiger partial charge in [-0.3, -0.25) is 4.57 Å². The quantitative estimate of drug-likeness (QED) is 0.462. The van der Waals surface area contributed by atoms with E-state index in [1.54, 1.807) is 13.8 Å². The number of hydrogen-bond acceptors (Lipinski definition) is 7. The molecule has 1 saturated heterocycles. The van der Waals surface area contributed by atoms with Gasteiger partial charge in [0.25, 0.3) is 0 Å². The van der Waals surface area contributed by atoms with Crippen molar-refractivity contribution in [2.75, 3.05) is 19.8 Å². The summed E-state index contributed by atoms with van der Waals surface area (Å²) in [6.07, 6.45) is -2.30. The topological polar surface area (TPSA) is 83.5 Å². The molecule has 0 bridgehead atoms. The molecule has 1 unspecified atom stereocenters. The Morgan fingerprint density at radius 2 is 1.50 bits per heavy atom. The van der Waals surface area contributed by atoms with E-state index in [-0.39, 0.29) is 26.2 Å². The van der Waals surface area contributed by atoms with Gasteiger partial charge in [0.15, 0.2) is 6.29 Å². The van der Waals surface area contributed by atoms with Crippen LogP contribution in [0.1, 0.15) is 31.4 Å². The lowest BCUT2D eigenvalue weighted by molar-refractivity contribution is -0.224. The first-order valence-electron chi connectivity index (χ1n) is 11.0. The fourth-order valence-corrected chi connectivity index (χ4v) is 6.06. The minimum atomic E-state index is -3.56. The molecule has 0 amide bonds. The highest BCUT2D eigenvalue weighted by Crippen LogP contribution is 2.58. The highest BCUT2D eigenvalue weighted by Gasteiger charge is 2.50. The summed E-state index contributed by atoms with van der Waals surface area (Å²) in [4.78, 5) is 0. The molecule has 0 aliphatic carbocycles. The molecule has 4 atom stereocenters. The van der Waals surface area contributed by atoms with Crippen LogP contribution in [0.3, 0.4) is 0 Å². The second-order valence-corrected chi connectivity index (χ2v) is 9.83. The zero-order valence-electron chi connectivity index (χ0n) is 18.7. The molecule has 7 nitrogen and oxygen atoms in total. The van der Waals surface area contributed by atoms with Crippen molar-refractivity contribution in [1.82, 2.24) is 0 Å². The van der Waals surface area contributed by atoms with Crippen molar-refractivity contribution in [3.8, 4) is 0 Å². The van der Waals surface area contributed by atoms with Gasteiger partial charge in [0.1, 0.15) is 12.2 Å². The van der Waals surface area contributed by atoms with E-state index in [0.29, 0.717) is 13.2 Å². The smallest absolute Gasteiger partial charge is 0.336 e. The average Bonchev–Trinajstić information content (AvgIpc) is 2.80. The molecule has 1 fully saturated rings. The van der Waals surface area contributed by atoms with E-state index in [9.17, 15) is 9.67 Å². The third-order valence-electron chi connectivity index (χ3n) is 5.22. The second-order valence-electron chi connectivity index (χ2n) is 7.57. The zero-order chi connectivity index (χ0) is 22.8. The predicted molar refractivity (Wildman–Crippen MR) is 121 cm³/mol. The molecule has 0 spiro atoms. The van der Waals surface area contributed by atoms with E-state index >= 15 is 0 Å². The van der Waals surface area contributed by atoms with Gasteiger partial charge in [-0.2, -0.15) is 0 Å². The van der Waals surface area contributed by atoms with Crippen LogP contribution in [-0.2, 0) is 41.0 Å². The van der Waals surface area contributed by atoms with E-state index in [0.717, 1.165) is 11.1 Å². The lowest BCUT2D eigenvalue weighted by Crippen LogP contribution is -2.51. The SMILES string of the molecule is CCOP(=O)(OCC)[C@@H]1CC(O)O[C@H](COCc2ccccc2)[C@H]1OCc1ccccc1. The molecule has 32 heavy (non-hydrogen) atoms. The van der Waals surface area contributed by atoms with Gasteiger partial charge in [-0.05, 0) is 25.0 Å². The molecule has 8 heteroatoms. The van der Waals surface area contributed by atoms with E-state index in [4.69, 9.17) is 23.3 Å². The summed E-state index contributed by atoms with van der Waals surface area (Å²) in [5, 5.41) is 10.4. The molecule has 1 N–H and O–H groups in total. The number of hydrogen-bond donors (Lipinski definition) is 1. The summed E-state index contributed by atoms with van der Waals surface area (Å²) in [7, 11) is -3.56. The summed E-state index contributed by atoms with van der Waals surface area (Å²) in [5.74, 6) is 0. The van der Waals surface area contributed by atoms with Gasteiger partial charge in [-0.1, -0.05) is 60.7 Å². The number of ether oxygens (including phenoxy) is 3. The Hall–Kier alpha value is -1.57. The third-order valence-corrected chi connectivity index (χ3v) is 7.78. The van der Waals surface area contributed by atoms with E-state index in [2.05, 4.69) is 0 Å². The highest BCUT2D eigenvalue weighted by molar-refractivity contribution is 7.54. The van der Waals surface area contributed by atoms with Crippen LogP contribution in [0.5, 0.6) is 0 Å². The number of benzene rings is 2. The first kappa shape index (κ1) is 25.1. The van der Waals surface area contributed by atoms with Gasteiger partial charge in [-0.25, -0.2) is 0 Å². The van der Waals surface area contributed by atoms with Crippen LogP contribution in [0.25, 0.3) is 0 Å². The molecule has 1 heterocycles. The second kappa shape index (κ2) is 12.6. The van der Waals surface area contributed by atoms with Crippen molar-refractivity contribution in [3.63, 3.8) is 0 Å². The monoisotopic (exact) mass is 464 g/mol. The van der Waals surface area contributed by atoms with Crippen molar-refractivity contribution in [3.05, 3.63) is 71.8 Å². The molecule has 1 aliphatic rings. The van der Waals surface area contributed by atoms with Gasteiger partial charge >= 0.3 is 7.60 Å². The maximum atomic E-state index is 13.6. The van der Waals surface area contributed by atoms with E-state index in [1.807, 2.05) is 60.7 Å². The lowest BCUT2D eigenvalue weighted by atomic mass is 10.0. The summed E-state index contributed by atoms with van der Waals surface area (Å²) in [5.41, 5.74) is 1.32.